The number of hydrogen-bond donors (Lipinski definition) is 0. The molecule has 2 aromatic rings. The zero-order chi connectivity index (χ0) is 13.5. The lowest BCUT2D eigenvalue weighted by atomic mass is 10.2. The number of aromatic nitrogens is 1. The van der Waals surface area contributed by atoms with Crippen LogP contribution in [0.1, 0.15) is 12.8 Å². The Morgan fingerprint density at radius 2 is 1.80 bits per heavy atom. The van der Waals surface area contributed by atoms with Gasteiger partial charge in [0, 0.05) is 37.6 Å². The van der Waals surface area contributed by atoms with Crippen LogP contribution in [0.2, 0.25) is 5.02 Å². The van der Waals surface area contributed by atoms with Crippen LogP contribution in [0.15, 0.2) is 30.3 Å². The summed E-state index contributed by atoms with van der Waals surface area (Å²) in [6.45, 7) is 4.33. The Bertz CT molecular complexity index is 631. The second-order valence-corrected chi connectivity index (χ2v) is 6.15. The number of piperazine rings is 1. The second kappa shape index (κ2) is 4.90. The minimum absolute atomic E-state index is 0.767. The van der Waals surface area contributed by atoms with Crippen molar-refractivity contribution in [3.8, 4) is 0 Å². The lowest BCUT2D eigenvalue weighted by molar-refractivity contribution is 0.247. The van der Waals surface area contributed by atoms with Crippen molar-refractivity contribution in [2.45, 2.75) is 18.9 Å². The third kappa shape index (κ3) is 2.25. The number of pyridine rings is 1. The summed E-state index contributed by atoms with van der Waals surface area (Å²) >= 11 is 6.43. The van der Waals surface area contributed by atoms with E-state index in [1.54, 1.807) is 0 Å². The molecule has 0 unspecified atom stereocenters. The average Bonchev–Trinajstić information content (AvgIpc) is 3.31. The van der Waals surface area contributed by atoms with Gasteiger partial charge in [-0.2, -0.15) is 0 Å². The molecule has 104 valence electrons. The standard InChI is InChI=1S/C16H18ClN3/c17-14-11-12-3-1-2-4-15(12)18-16(14)20-9-7-19(8-10-20)13-5-6-13/h1-4,11,13H,5-10H2. The molecule has 1 aliphatic carbocycles. The summed E-state index contributed by atoms with van der Waals surface area (Å²) in [5.74, 6) is 0.945. The molecule has 0 spiro atoms. The average molecular weight is 288 g/mol. The Labute approximate surface area is 124 Å². The van der Waals surface area contributed by atoms with Crippen LogP contribution in [-0.2, 0) is 0 Å². The minimum atomic E-state index is 0.767. The van der Waals surface area contributed by atoms with Gasteiger partial charge in [-0.1, -0.05) is 29.8 Å². The number of benzene rings is 1. The van der Waals surface area contributed by atoms with E-state index in [-0.39, 0.29) is 0 Å². The maximum absolute atomic E-state index is 6.43. The van der Waals surface area contributed by atoms with Crippen LogP contribution in [0.5, 0.6) is 0 Å². The molecule has 0 amide bonds. The van der Waals surface area contributed by atoms with Crippen molar-refractivity contribution in [2.75, 3.05) is 31.1 Å². The number of rotatable bonds is 2. The van der Waals surface area contributed by atoms with E-state index >= 15 is 0 Å². The number of nitrogens with zero attached hydrogens (tertiary/aromatic N) is 3. The van der Waals surface area contributed by atoms with Gasteiger partial charge in [-0.15, -0.1) is 0 Å². The summed E-state index contributed by atoms with van der Waals surface area (Å²) in [6.07, 6.45) is 2.77. The Kier molecular flexibility index (Phi) is 3.04. The Balaban J connectivity index is 1.60. The summed E-state index contributed by atoms with van der Waals surface area (Å²) in [7, 11) is 0. The number of fused-ring (bicyclic) bond motifs is 1. The van der Waals surface area contributed by atoms with Gasteiger partial charge in [0.2, 0.25) is 0 Å². The maximum atomic E-state index is 6.43. The summed E-state index contributed by atoms with van der Waals surface area (Å²) in [6, 6.07) is 11.1. The van der Waals surface area contributed by atoms with Crippen LogP contribution in [0.4, 0.5) is 5.82 Å². The molecule has 1 aliphatic heterocycles. The quantitative estimate of drug-likeness (QED) is 0.846. The van der Waals surface area contributed by atoms with Gasteiger partial charge in [0.1, 0.15) is 5.82 Å². The molecule has 0 radical (unpaired) electrons. The first kappa shape index (κ1) is 12.4. The van der Waals surface area contributed by atoms with E-state index in [2.05, 4.69) is 21.9 Å². The molecule has 3 nitrogen and oxygen atoms in total. The lowest BCUT2D eigenvalue weighted by Crippen LogP contribution is -2.47. The largest absolute Gasteiger partial charge is 0.353 e. The van der Waals surface area contributed by atoms with Crippen molar-refractivity contribution in [1.29, 1.82) is 0 Å². The van der Waals surface area contributed by atoms with E-state index in [1.165, 1.54) is 12.8 Å². The van der Waals surface area contributed by atoms with E-state index in [1.807, 2.05) is 18.2 Å². The summed E-state index contributed by atoms with van der Waals surface area (Å²) in [4.78, 5) is 9.69. The third-order valence-corrected chi connectivity index (χ3v) is 4.61. The zero-order valence-electron chi connectivity index (χ0n) is 11.4. The van der Waals surface area contributed by atoms with Crippen LogP contribution < -0.4 is 4.90 Å². The van der Waals surface area contributed by atoms with Gasteiger partial charge in [0.25, 0.3) is 0 Å². The van der Waals surface area contributed by atoms with Crippen LogP contribution in [0, 0.1) is 0 Å². The van der Waals surface area contributed by atoms with Crippen LogP contribution >= 0.6 is 11.6 Å². The highest BCUT2D eigenvalue weighted by Gasteiger charge is 2.31. The first-order valence-corrected chi connectivity index (χ1v) is 7.73. The minimum Gasteiger partial charge on any atom is -0.353 e. The Hall–Kier alpha value is -1.32. The molecule has 0 bridgehead atoms. The highest BCUT2D eigenvalue weighted by atomic mass is 35.5. The molecule has 2 aliphatic rings. The number of anilines is 1. The molecule has 1 aromatic carbocycles. The fraction of sp³-hybridized carbons (Fsp3) is 0.438. The van der Waals surface area contributed by atoms with Crippen molar-refractivity contribution < 1.29 is 0 Å². The van der Waals surface area contributed by atoms with E-state index in [0.717, 1.165) is 54.0 Å². The summed E-state index contributed by atoms with van der Waals surface area (Å²) in [5.41, 5.74) is 1.02. The zero-order valence-corrected chi connectivity index (χ0v) is 12.2. The molecule has 2 heterocycles. The fourth-order valence-electron chi connectivity index (χ4n) is 3.04. The summed E-state index contributed by atoms with van der Waals surface area (Å²) in [5, 5.41) is 1.88. The van der Waals surface area contributed by atoms with Gasteiger partial charge in [-0.3, -0.25) is 4.90 Å². The van der Waals surface area contributed by atoms with Crippen molar-refractivity contribution in [3.63, 3.8) is 0 Å². The van der Waals surface area contributed by atoms with Gasteiger partial charge in [-0.05, 0) is 25.0 Å². The molecule has 1 aromatic heterocycles. The van der Waals surface area contributed by atoms with E-state index in [9.17, 15) is 0 Å². The molecule has 4 heteroatoms. The fourth-order valence-corrected chi connectivity index (χ4v) is 3.32. The number of halogens is 1. The smallest absolute Gasteiger partial charge is 0.148 e. The lowest BCUT2D eigenvalue weighted by Gasteiger charge is -2.35. The molecule has 0 atom stereocenters. The monoisotopic (exact) mass is 287 g/mol. The Morgan fingerprint density at radius 1 is 1.05 bits per heavy atom. The van der Waals surface area contributed by atoms with Crippen LogP contribution in [0.3, 0.4) is 0 Å². The molecular formula is C16H18ClN3. The Morgan fingerprint density at radius 3 is 2.55 bits per heavy atom. The molecular weight excluding hydrogens is 270 g/mol. The van der Waals surface area contributed by atoms with Crippen molar-refractivity contribution in [3.05, 3.63) is 35.4 Å². The highest BCUT2D eigenvalue weighted by molar-refractivity contribution is 6.33. The topological polar surface area (TPSA) is 19.4 Å². The van der Waals surface area contributed by atoms with Crippen molar-refractivity contribution in [1.82, 2.24) is 9.88 Å². The van der Waals surface area contributed by atoms with E-state index in [0.29, 0.717) is 0 Å². The normalized spacial score (nSPS) is 20.6. The second-order valence-electron chi connectivity index (χ2n) is 5.74. The number of para-hydroxylation sites is 1. The number of hydrogen-bond acceptors (Lipinski definition) is 3. The van der Waals surface area contributed by atoms with Gasteiger partial charge in [0.15, 0.2) is 0 Å². The van der Waals surface area contributed by atoms with Gasteiger partial charge < -0.3 is 4.90 Å². The van der Waals surface area contributed by atoms with Gasteiger partial charge in [0.05, 0.1) is 10.5 Å². The maximum Gasteiger partial charge on any atom is 0.148 e. The predicted octanol–water partition coefficient (Wildman–Crippen LogP) is 3.17. The van der Waals surface area contributed by atoms with Crippen molar-refractivity contribution in [2.24, 2.45) is 0 Å². The first-order chi connectivity index (χ1) is 9.81. The SMILES string of the molecule is Clc1cc2ccccc2nc1N1CCN(C2CC2)CC1. The highest BCUT2D eigenvalue weighted by Crippen LogP contribution is 2.31. The van der Waals surface area contributed by atoms with Crippen LogP contribution in [0.25, 0.3) is 10.9 Å². The van der Waals surface area contributed by atoms with E-state index < -0.39 is 0 Å². The predicted molar refractivity (Wildman–Crippen MR) is 83.6 cm³/mol. The molecule has 0 N–H and O–H groups in total. The van der Waals surface area contributed by atoms with Crippen LogP contribution in [-0.4, -0.2) is 42.1 Å². The molecule has 1 saturated carbocycles. The van der Waals surface area contributed by atoms with E-state index in [4.69, 9.17) is 16.6 Å². The van der Waals surface area contributed by atoms with Gasteiger partial charge >= 0.3 is 0 Å². The molecule has 20 heavy (non-hydrogen) atoms. The third-order valence-electron chi connectivity index (χ3n) is 4.34. The first-order valence-electron chi connectivity index (χ1n) is 7.35. The molecule has 4 rings (SSSR count). The van der Waals surface area contributed by atoms with Crippen molar-refractivity contribution >= 4 is 28.3 Å². The summed E-state index contributed by atoms with van der Waals surface area (Å²) < 4.78 is 0. The molecule has 1 saturated heterocycles. The van der Waals surface area contributed by atoms with Gasteiger partial charge in [-0.25, -0.2) is 4.98 Å². The molecule has 2 fully saturated rings.